The first kappa shape index (κ1) is 9.46. The highest BCUT2D eigenvalue weighted by atomic mass is 16.1. The molecule has 0 bridgehead atoms. The predicted octanol–water partition coefficient (Wildman–Crippen LogP) is 2.92. The van der Waals surface area contributed by atoms with Gasteiger partial charge >= 0.3 is 0 Å². The average Bonchev–Trinajstić information content (AvgIpc) is 2.31. The van der Waals surface area contributed by atoms with Gasteiger partial charge in [-0.3, -0.25) is 4.79 Å². The Morgan fingerprint density at radius 1 is 0.867 bits per heavy atom. The van der Waals surface area contributed by atoms with E-state index in [-0.39, 0.29) is 0 Å². The Balaban J connectivity index is 2.37. The highest BCUT2D eigenvalue weighted by molar-refractivity contribution is 5.75. The number of hydrogen-bond donors (Lipinski definition) is 1. The fourth-order valence-electron chi connectivity index (χ4n) is 1.49. The molecule has 0 aliphatic rings. The van der Waals surface area contributed by atoms with Gasteiger partial charge in [-0.15, -0.1) is 0 Å². The average molecular weight is 197 g/mol. The van der Waals surface area contributed by atoms with Crippen LogP contribution in [-0.4, -0.2) is 6.41 Å². The van der Waals surface area contributed by atoms with Crippen molar-refractivity contribution in [1.82, 2.24) is 0 Å². The number of rotatable bonds is 3. The fourth-order valence-corrected chi connectivity index (χ4v) is 1.49. The molecule has 0 fully saturated rings. The van der Waals surface area contributed by atoms with Gasteiger partial charge in [0.2, 0.25) is 6.41 Å². The lowest BCUT2D eigenvalue weighted by Crippen LogP contribution is -1.93. The molecule has 0 aromatic heterocycles. The number of nitrogens with one attached hydrogen (secondary N) is 1. The molecule has 2 aromatic rings. The van der Waals surface area contributed by atoms with Crippen LogP contribution in [0, 0.1) is 0 Å². The van der Waals surface area contributed by atoms with Crippen molar-refractivity contribution in [2.45, 2.75) is 0 Å². The summed E-state index contributed by atoms with van der Waals surface area (Å²) < 4.78 is 0. The maximum Gasteiger partial charge on any atom is 0.211 e. The standard InChI is InChI=1S/C13H11NO/c15-10-14-13-8-4-7-12(9-13)11-5-2-1-3-6-11/h1-10H,(H,14,15). The number of carbonyl (C=O) groups is 1. The van der Waals surface area contributed by atoms with Gasteiger partial charge in [-0.25, -0.2) is 0 Å². The lowest BCUT2D eigenvalue weighted by atomic mass is 10.1. The van der Waals surface area contributed by atoms with E-state index < -0.39 is 0 Å². The zero-order valence-electron chi connectivity index (χ0n) is 8.18. The summed E-state index contributed by atoms with van der Waals surface area (Å²) in [5.74, 6) is 0. The second-order valence-electron chi connectivity index (χ2n) is 3.21. The molecule has 0 atom stereocenters. The van der Waals surface area contributed by atoms with E-state index in [0.29, 0.717) is 6.41 Å². The van der Waals surface area contributed by atoms with Crippen LogP contribution >= 0.6 is 0 Å². The SMILES string of the molecule is O=CNc1cccc(-c2ccccc2)c1. The highest BCUT2D eigenvalue weighted by Gasteiger charge is 1.97. The van der Waals surface area contributed by atoms with E-state index in [4.69, 9.17) is 0 Å². The Morgan fingerprint density at radius 3 is 2.33 bits per heavy atom. The summed E-state index contributed by atoms with van der Waals surface area (Å²) in [5, 5.41) is 2.64. The zero-order chi connectivity index (χ0) is 10.5. The number of benzene rings is 2. The van der Waals surface area contributed by atoms with Crippen molar-refractivity contribution in [1.29, 1.82) is 0 Å². The van der Waals surface area contributed by atoms with E-state index >= 15 is 0 Å². The normalized spacial score (nSPS) is 9.60. The van der Waals surface area contributed by atoms with Gasteiger partial charge in [0.15, 0.2) is 0 Å². The summed E-state index contributed by atoms with van der Waals surface area (Å²) in [6, 6.07) is 17.8. The smallest absolute Gasteiger partial charge is 0.211 e. The molecule has 0 saturated heterocycles. The second kappa shape index (κ2) is 4.42. The topological polar surface area (TPSA) is 29.1 Å². The Hall–Kier alpha value is -2.09. The Morgan fingerprint density at radius 2 is 1.60 bits per heavy atom. The summed E-state index contributed by atoms with van der Waals surface area (Å²) in [6.45, 7) is 0. The van der Waals surface area contributed by atoms with Crippen LogP contribution in [0.15, 0.2) is 54.6 Å². The molecule has 2 heteroatoms. The van der Waals surface area contributed by atoms with E-state index in [1.165, 1.54) is 0 Å². The minimum absolute atomic E-state index is 0.685. The molecular weight excluding hydrogens is 186 g/mol. The molecular formula is C13H11NO. The lowest BCUT2D eigenvalue weighted by molar-refractivity contribution is -0.105. The van der Waals surface area contributed by atoms with Crippen molar-refractivity contribution >= 4 is 12.1 Å². The van der Waals surface area contributed by atoms with Crippen LogP contribution in [0.2, 0.25) is 0 Å². The van der Waals surface area contributed by atoms with Crippen molar-refractivity contribution in [3.05, 3.63) is 54.6 Å². The molecule has 2 aromatic carbocycles. The van der Waals surface area contributed by atoms with Crippen molar-refractivity contribution in [3.8, 4) is 11.1 Å². The van der Waals surface area contributed by atoms with Crippen LogP contribution in [0.1, 0.15) is 0 Å². The van der Waals surface area contributed by atoms with Gasteiger partial charge in [0, 0.05) is 5.69 Å². The van der Waals surface area contributed by atoms with Crippen LogP contribution in [0.25, 0.3) is 11.1 Å². The third-order valence-corrected chi connectivity index (χ3v) is 2.20. The summed E-state index contributed by atoms with van der Waals surface area (Å²) >= 11 is 0. The van der Waals surface area contributed by atoms with E-state index in [2.05, 4.69) is 5.32 Å². The molecule has 74 valence electrons. The largest absolute Gasteiger partial charge is 0.329 e. The molecule has 2 nitrogen and oxygen atoms in total. The van der Waals surface area contributed by atoms with E-state index in [1.807, 2.05) is 54.6 Å². The zero-order valence-corrected chi connectivity index (χ0v) is 8.18. The van der Waals surface area contributed by atoms with Gasteiger partial charge in [0.1, 0.15) is 0 Å². The number of carbonyl (C=O) groups excluding carboxylic acids is 1. The molecule has 0 spiro atoms. The van der Waals surface area contributed by atoms with Gasteiger partial charge in [0.25, 0.3) is 0 Å². The van der Waals surface area contributed by atoms with E-state index in [0.717, 1.165) is 16.8 Å². The van der Waals surface area contributed by atoms with E-state index in [1.54, 1.807) is 0 Å². The predicted molar refractivity (Wildman–Crippen MR) is 61.6 cm³/mol. The van der Waals surface area contributed by atoms with Crippen LogP contribution in [-0.2, 0) is 4.79 Å². The molecule has 1 amide bonds. The first-order chi connectivity index (χ1) is 7.40. The van der Waals surface area contributed by atoms with Gasteiger partial charge in [0.05, 0.1) is 0 Å². The maximum absolute atomic E-state index is 10.3. The van der Waals surface area contributed by atoms with Crippen molar-refractivity contribution in [2.75, 3.05) is 5.32 Å². The second-order valence-corrected chi connectivity index (χ2v) is 3.21. The lowest BCUT2D eigenvalue weighted by Gasteiger charge is -2.03. The Kier molecular flexibility index (Phi) is 2.79. The fraction of sp³-hybridized carbons (Fsp3) is 0. The summed E-state index contributed by atoms with van der Waals surface area (Å²) in [6.07, 6.45) is 0.685. The van der Waals surface area contributed by atoms with Crippen LogP contribution in [0.5, 0.6) is 0 Å². The van der Waals surface area contributed by atoms with Gasteiger partial charge in [-0.1, -0.05) is 42.5 Å². The quantitative estimate of drug-likeness (QED) is 0.753. The first-order valence-corrected chi connectivity index (χ1v) is 4.76. The molecule has 0 saturated carbocycles. The van der Waals surface area contributed by atoms with Gasteiger partial charge in [-0.05, 0) is 23.3 Å². The number of anilines is 1. The molecule has 1 N–H and O–H groups in total. The molecule has 0 aliphatic carbocycles. The van der Waals surface area contributed by atoms with Crippen LogP contribution in [0.4, 0.5) is 5.69 Å². The highest BCUT2D eigenvalue weighted by Crippen LogP contribution is 2.21. The number of amides is 1. The molecule has 0 aliphatic heterocycles. The molecule has 0 radical (unpaired) electrons. The minimum Gasteiger partial charge on any atom is -0.329 e. The summed E-state index contributed by atoms with van der Waals surface area (Å²) in [5.41, 5.74) is 3.06. The third kappa shape index (κ3) is 2.23. The third-order valence-electron chi connectivity index (χ3n) is 2.20. The molecule has 2 rings (SSSR count). The van der Waals surface area contributed by atoms with Gasteiger partial charge in [-0.2, -0.15) is 0 Å². The van der Waals surface area contributed by atoms with Crippen molar-refractivity contribution in [3.63, 3.8) is 0 Å². The van der Waals surface area contributed by atoms with E-state index in [9.17, 15) is 4.79 Å². The van der Waals surface area contributed by atoms with Crippen LogP contribution in [0.3, 0.4) is 0 Å². The van der Waals surface area contributed by atoms with Crippen molar-refractivity contribution in [2.24, 2.45) is 0 Å². The Bertz CT molecular complexity index is 451. The maximum atomic E-state index is 10.3. The monoisotopic (exact) mass is 197 g/mol. The molecule has 0 unspecified atom stereocenters. The summed E-state index contributed by atoms with van der Waals surface area (Å²) in [7, 11) is 0. The molecule has 15 heavy (non-hydrogen) atoms. The summed E-state index contributed by atoms with van der Waals surface area (Å²) in [4.78, 5) is 10.3. The first-order valence-electron chi connectivity index (χ1n) is 4.76. The van der Waals surface area contributed by atoms with Crippen LogP contribution < -0.4 is 5.32 Å². The Labute approximate surface area is 88.6 Å². The van der Waals surface area contributed by atoms with Gasteiger partial charge < -0.3 is 5.32 Å². The van der Waals surface area contributed by atoms with Crippen molar-refractivity contribution < 1.29 is 4.79 Å². The number of hydrogen-bond acceptors (Lipinski definition) is 1. The molecule has 0 heterocycles. The minimum atomic E-state index is 0.685.